The monoisotopic (exact) mass is 347 g/mol. The van der Waals surface area contributed by atoms with Crippen molar-refractivity contribution >= 4 is 29.5 Å². The average molecular weight is 347 g/mol. The number of aliphatic hydroxyl groups excluding tert-OH is 1. The molecule has 1 saturated heterocycles. The number of amides is 2. The van der Waals surface area contributed by atoms with Crippen molar-refractivity contribution in [3.63, 3.8) is 0 Å². The van der Waals surface area contributed by atoms with Gasteiger partial charge >= 0.3 is 5.97 Å². The largest absolute Gasteiger partial charge is 0.480 e. The fourth-order valence-electron chi connectivity index (χ4n) is 2.49. The van der Waals surface area contributed by atoms with Gasteiger partial charge in [-0.15, -0.1) is 0 Å². The third-order valence-corrected chi connectivity index (χ3v) is 4.48. The fraction of sp³-hybridized carbons (Fsp3) is 0.786. The molecular formula is C14H25N3O5S. The smallest absolute Gasteiger partial charge is 0.326 e. The number of aliphatic carboxylic acids is 1. The SMILES string of the molecule is CSCC[C@H](N)C(=O)N[C@H](C(=O)N1CCC[C@@H]1C(=O)O)[C@@H](C)O. The van der Waals surface area contributed by atoms with Gasteiger partial charge in [-0.25, -0.2) is 4.79 Å². The van der Waals surface area contributed by atoms with Crippen molar-refractivity contribution in [2.45, 2.75) is 50.4 Å². The van der Waals surface area contributed by atoms with Crippen LogP contribution in [0.5, 0.6) is 0 Å². The summed E-state index contributed by atoms with van der Waals surface area (Å²) in [6.45, 7) is 1.68. The Kier molecular flexibility index (Phi) is 7.80. The molecule has 132 valence electrons. The molecule has 0 saturated carbocycles. The summed E-state index contributed by atoms with van der Waals surface area (Å²) in [7, 11) is 0. The molecule has 0 radical (unpaired) electrons. The minimum atomic E-state index is -1.19. The summed E-state index contributed by atoms with van der Waals surface area (Å²) < 4.78 is 0. The fourth-order valence-corrected chi connectivity index (χ4v) is 2.98. The Morgan fingerprint density at radius 3 is 2.61 bits per heavy atom. The normalized spacial score (nSPS) is 21.6. The highest BCUT2D eigenvalue weighted by molar-refractivity contribution is 7.98. The number of rotatable bonds is 8. The predicted octanol–water partition coefficient (Wildman–Crippen LogP) is -0.992. The molecule has 1 heterocycles. The summed E-state index contributed by atoms with van der Waals surface area (Å²) in [5.74, 6) is -1.49. The van der Waals surface area contributed by atoms with Crippen molar-refractivity contribution < 1.29 is 24.6 Å². The molecular weight excluding hydrogens is 322 g/mol. The number of nitrogens with one attached hydrogen (secondary N) is 1. The lowest BCUT2D eigenvalue weighted by Crippen LogP contribution is -2.58. The number of nitrogens with zero attached hydrogens (tertiary/aromatic N) is 1. The Labute approximate surface area is 139 Å². The van der Waals surface area contributed by atoms with Crippen LogP contribution in [-0.2, 0) is 14.4 Å². The standard InChI is InChI=1S/C14H25N3O5S/c1-8(18)11(16-12(19)9(15)5-7-23-2)13(20)17-6-3-4-10(17)14(21)22/h8-11,18H,3-7,15H2,1-2H3,(H,16,19)(H,21,22)/t8-,9+,10-,11+/m1/s1. The molecule has 9 heteroatoms. The third kappa shape index (κ3) is 5.36. The third-order valence-electron chi connectivity index (χ3n) is 3.84. The molecule has 8 nitrogen and oxygen atoms in total. The number of carbonyl (C=O) groups excluding carboxylic acids is 2. The Bertz CT molecular complexity index is 446. The number of nitrogens with two attached hydrogens (primary N) is 1. The van der Waals surface area contributed by atoms with Gasteiger partial charge in [-0.2, -0.15) is 11.8 Å². The zero-order valence-electron chi connectivity index (χ0n) is 13.4. The van der Waals surface area contributed by atoms with Gasteiger partial charge in [0.2, 0.25) is 11.8 Å². The van der Waals surface area contributed by atoms with Gasteiger partial charge in [0.15, 0.2) is 0 Å². The number of aliphatic hydroxyl groups is 1. The Hall–Kier alpha value is -1.32. The molecule has 4 atom stereocenters. The first-order chi connectivity index (χ1) is 10.8. The summed E-state index contributed by atoms with van der Waals surface area (Å²) in [5.41, 5.74) is 5.75. The van der Waals surface area contributed by atoms with Crippen molar-refractivity contribution in [1.82, 2.24) is 10.2 Å². The number of hydrogen-bond acceptors (Lipinski definition) is 6. The Morgan fingerprint density at radius 2 is 2.09 bits per heavy atom. The highest BCUT2D eigenvalue weighted by Gasteiger charge is 2.39. The maximum Gasteiger partial charge on any atom is 0.326 e. The van der Waals surface area contributed by atoms with E-state index < -0.39 is 42.0 Å². The lowest BCUT2D eigenvalue weighted by Gasteiger charge is -2.29. The number of hydrogen-bond donors (Lipinski definition) is 4. The molecule has 5 N–H and O–H groups in total. The van der Waals surface area contributed by atoms with E-state index in [-0.39, 0.29) is 0 Å². The molecule has 1 aliphatic heterocycles. The van der Waals surface area contributed by atoms with Crippen LogP contribution >= 0.6 is 11.8 Å². The van der Waals surface area contributed by atoms with Gasteiger partial charge in [-0.05, 0) is 38.2 Å². The highest BCUT2D eigenvalue weighted by atomic mass is 32.2. The zero-order chi connectivity index (χ0) is 17.6. The molecule has 0 unspecified atom stereocenters. The van der Waals surface area contributed by atoms with Crippen LogP contribution in [0.1, 0.15) is 26.2 Å². The van der Waals surface area contributed by atoms with Crippen LogP contribution in [0, 0.1) is 0 Å². The molecule has 0 aromatic carbocycles. The second kappa shape index (κ2) is 9.09. The lowest BCUT2D eigenvalue weighted by atomic mass is 10.1. The second-order valence-corrected chi connectivity index (χ2v) is 6.63. The van der Waals surface area contributed by atoms with Crippen LogP contribution in [0.15, 0.2) is 0 Å². The number of carboxylic acid groups (broad SMARTS) is 1. The van der Waals surface area contributed by atoms with Crippen LogP contribution in [0.2, 0.25) is 0 Å². The van der Waals surface area contributed by atoms with Crippen molar-refractivity contribution in [2.75, 3.05) is 18.6 Å². The molecule has 0 aromatic rings. The minimum absolute atomic E-state index is 0.299. The molecule has 1 fully saturated rings. The van der Waals surface area contributed by atoms with Gasteiger partial charge in [0.1, 0.15) is 12.1 Å². The van der Waals surface area contributed by atoms with Gasteiger partial charge in [0.25, 0.3) is 0 Å². The summed E-state index contributed by atoms with van der Waals surface area (Å²) in [6.07, 6.45) is 2.15. The van der Waals surface area contributed by atoms with E-state index >= 15 is 0 Å². The van der Waals surface area contributed by atoms with E-state index in [0.29, 0.717) is 31.6 Å². The average Bonchev–Trinajstić information content (AvgIpc) is 2.98. The van der Waals surface area contributed by atoms with E-state index in [1.807, 2.05) is 6.26 Å². The number of carbonyl (C=O) groups is 3. The Morgan fingerprint density at radius 1 is 1.43 bits per heavy atom. The quantitative estimate of drug-likeness (QED) is 0.443. The van der Waals surface area contributed by atoms with Crippen LogP contribution in [0.4, 0.5) is 0 Å². The lowest BCUT2D eigenvalue weighted by molar-refractivity contribution is -0.150. The van der Waals surface area contributed by atoms with E-state index in [9.17, 15) is 19.5 Å². The summed E-state index contributed by atoms with van der Waals surface area (Å²) in [5, 5.41) is 21.4. The van der Waals surface area contributed by atoms with Crippen LogP contribution < -0.4 is 11.1 Å². The van der Waals surface area contributed by atoms with Crippen molar-refractivity contribution in [1.29, 1.82) is 0 Å². The topological polar surface area (TPSA) is 133 Å². The minimum Gasteiger partial charge on any atom is -0.480 e. The maximum absolute atomic E-state index is 12.5. The maximum atomic E-state index is 12.5. The van der Waals surface area contributed by atoms with Gasteiger partial charge in [0, 0.05) is 6.54 Å². The van der Waals surface area contributed by atoms with Gasteiger partial charge < -0.3 is 26.2 Å². The van der Waals surface area contributed by atoms with Crippen molar-refractivity contribution in [3.8, 4) is 0 Å². The van der Waals surface area contributed by atoms with Crippen LogP contribution in [0.3, 0.4) is 0 Å². The van der Waals surface area contributed by atoms with Gasteiger partial charge in [-0.3, -0.25) is 9.59 Å². The van der Waals surface area contributed by atoms with Crippen molar-refractivity contribution in [2.24, 2.45) is 5.73 Å². The van der Waals surface area contributed by atoms with Crippen LogP contribution in [-0.4, -0.2) is 75.7 Å². The van der Waals surface area contributed by atoms with E-state index in [1.54, 1.807) is 11.8 Å². The zero-order valence-corrected chi connectivity index (χ0v) is 14.2. The van der Waals surface area contributed by atoms with E-state index in [4.69, 9.17) is 10.8 Å². The summed E-state index contributed by atoms with van der Waals surface area (Å²) in [6, 6.07) is -2.88. The predicted molar refractivity (Wildman–Crippen MR) is 87.0 cm³/mol. The van der Waals surface area contributed by atoms with Gasteiger partial charge in [0.05, 0.1) is 12.1 Å². The molecule has 0 spiro atoms. The second-order valence-electron chi connectivity index (χ2n) is 5.64. The molecule has 0 aromatic heterocycles. The molecule has 0 aliphatic carbocycles. The first-order valence-corrected chi connectivity index (χ1v) is 8.95. The molecule has 1 aliphatic rings. The number of thioether (sulfide) groups is 1. The van der Waals surface area contributed by atoms with E-state index in [2.05, 4.69) is 5.32 Å². The number of carboxylic acids is 1. The molecule has 1 rings (SSSR count). The van der Waals surface area contributed by atoms with Gasteiger partial charge in [-0.1, -0.05) is 0 Å². The first-order valence-electron chi connectivity index (χ1n) is 7.55. The van der Waals surface area contributed by atoms with E-state index in [0.717, 1.165) is 0 Å². The molecule has 23 heavy (non-hydrogen) atoms. The van der Waals surface area contributed by atoms with E-state index in [1.165, 1.54) is 11.8 Å². The van der Waals surface area contributed by atoms with Crippen LogP contribution in [0.25, 0.3) is 0 Å². The summed E-state index contributed by atoms with van der Waals surface area (Å²) >= 11 is 1.55. The molecule has 2 amide bonds. The van der Waals surface area contributed by atoms with Crippen molar-refractivity contribution in [3.05, 3.63) is 0 Å². The highest BCUT2D eigenvalue weighted by Crippen LogP contribution is 2.19. The Balaban J connectivity index is 2.76. The first kappa shape index (κ1) is 19.7. The molecule has 0 bridgehead atoms. The summed E-state index contributed by atoms with van der Waals surface area (Å²) in [4.78, 5) is 37.0. The number of likely N-dealkylation sites (tertiary alicyclic amines) is 1.